The zero-order valence-corrected chi connectivity index (χ0v) is 16.1. The Labute approximate surface area is 161 Å². The average Bonchev–Trinajstić information content (AvgIpc) is 3.31. The van der Waals surface area contributed by atoms with Crippen molar-refractivity contribution in [3.05, 3.63) is 50.9 Å². The van der Waals surface area contributed by atoms with E-state index in [1.165, 1.54) is 11.3 Å². The zero-order valence-electron chi connectivity index (χ0n) is 14.5. The first-order chi connectivity index (χ1) is 12.5. The van der Waals surface area contributed by atoms with Crippen LogP contribution in [0.3, 0.4) is 0 Å². The normalized spacial score (nSPS) is 15.6. The Morgan fingerprint density at radius 1 is 1.19 bits per heavy atom. The van der Waals surface area contributed by atoms with E-state index in [1.807, 2.05) is 12.1 Å². The minimum absolute atomic E-state index is 0.0457. The van der Waals surface area contributed by atoms with Gasteiger partial charge in [0.05, 0.1) is 17.7 Å². The van der Waals surface area contributed by atoms with Gasteiger partial charge in [0.2, 0.25) is 5.01 Å². The number of ether oxygens (including phenoxy) is 2. The van der Waals surface area contributed by atoms with Crippen molar-refractivity contribution in [2.45, 2.75) is 44.6 Å². The highest BCUT2D eigenvalue weighted by Gasteiger charge is 2.44. The lowest BCUT2D eigenvalue weighted by Gasteiger charge is -2.27. The van der Waals surface area contributed by atoms with Gasteiger partial charge in [0.1, 0.15) is 6.61 Å². The summed E-state index contributed by atoms with van der Waals surface area (Å²) in [6.45, 7) is 2.09. The van der Waals surface area contributed by atoms with Crippen LogP contribution in [0.1, 0.15) is 53.7 Å². The molecule has 1 heterocycles. The summed E-state index contributed by atoms with van der Waals surface area (Å²) in [5, 5.41) is 2.62. The summed E-state index contributed by atoms with van der Waals surface area (Å²) in [6, 6.07) is 7.40. The molecule has 1 saturated carbocycles. The monoisotopic (exact) mass is 393 g/mol. The number of halogens is 1. The molecule has 3 rings (SSSR count). The van der Waals surface area contributed by atoms with Gasteiger partial charge in [-0.15, -0.1) is 11.3 Å². The van der Waals surface area contributed by atoms with Gasteiger partial charge in [0.25, 0.3) is 0 Å². The number of esters is 2. The van der Waals surface area contributed by atoms with E-state index in [0.29, 0.717) is 17.3 Å². The van der Waals surface area contributed by atoms with Crippen molar-refractivity contribution in [2.75, 3.05) is 6.61 Å². The van der Waals surface area contributed by atoms with Crippen LogP contribution in [-0.2, 0) is 26.3 Å². The van der Waals surface area contributed by atoms with Crippen molar-refractivity contribution in [3.63, 3.8) is 0 Å². The van der Waals surface area contributed by atoms with Gasteiger partial charge >= 0.3 is 11.9 Å². The van der Waals surface area contributed by atoms with Gasteiger partial charge in [-0.1, -0.05) is 36.6 Å². The van der Waals surface area contributed by atoms with Crippen molar-refractivity contribution >= 4 is 34.9 Å². The molecule has 7 heteroatoms. The van der Waals surface area contributed by atoms with Gasteiger partial charge in [-0.05, 0) is 37.5 Å². The van der Waals surface area contributed by atoms with E-state index >= 15 is 0 Å². The lowest BCUT2D eigenvalue weighted by molar-refractivity contribution is -0.152. The predicted molar refractivity (Wildman–Crippen MR) is 99.5 cm³/mol. The molecule has 1 aliphatic rings. The lowest BCUT2D eigenvalue weighted by Crippen LogP contribution is -2.34. The Morgan fingerprint density at radius 3 is 2.54 bits per heavy atom. The van der Waals surface area contributed by atoms with Crippen LogP contribution in [0, 0.1) is 0 Å². The van der Waals surface area contributed by atoms with E-state index in [-0.39, 0.29) is 17.6 Å². The van der Waals surface area contributed by atoms with Crippen molar-refractivity contribution in [3.8, 4) is 0 Å². The van der Waals surface area contributed by atoms with Crippen LogP contribution in [0.4, 0.5) is 0 Å². The number of benzene rings is 1. The summed E-state index contributed by atoms with van der Waals surface area (Å²) < 4.78 is 10.5. The van der Waals surface area contributed by atoms with Crippen LogP contribution < -0.4 is 0 Å². The molecule has 0 N–H and O–H groups in total. The smallest absolute Gasteiger partial charge is 0.367 e. The highest BCUT2D eigenvalue weighted by atomic mass is 35.5. The van der Waals surface area contributed by atoms with Crippen LogP contribution in [0.25, 0.3) is 0 Å². The van der Waals surface area contributed by atoms with E-state index in [4.69, 9.17) is 21.1 Å². The number of hydrogen-bond acceptors (Lipinski definition) is 6. The molecule has 0 atom stereocenters. The Bertz CT molecular complexity index is 781. The molecular formula is C19H20ClNO4S. The third-order valence-corrected chi connectivity index (χ3v) is 5.72. The highest BCUT2D eigenvalue weighted by Crippen LogP contribution is 2.42. The molecule has 5 nitrogen and oxygen atoms in total. The van der Waals surface area contributed by atoms with Gasteiger partial charge in [-0.3, -0.25) is 4.79 Å². The number of hydrogen-bond donors (Lipinski definition) is 0. The van der Waals surface area contributed by atoms with Crippen molar-refractivity contribution in [1.82, 2.24) is 4.98 Å². The largest absolute Gasteiger partial charge is 0.461 e. The molecule has 1 aliphatic carbocycles. The van der Waals surface area contributed by atoms with Crippen LogP contribution in [0.5, 0.6) is 0 Å². The first-order valence-electron chi connectivity index (χ1n) is 8.60. The topological polar surface area (TPSA) is 65.5 Å². The average molecular weight is 394 g/mol. The summed E-state index contributed by atoms with van der Waals surface area (Å²) in [6.07, 6.45) is 3.50. The number of thiazole rings is 1. The second-order valence-corrected chi connectivity index (χ2v) is 7.53. The van der Waals surface area contributed by atoms with E-state index in [9.17, 15) is 9.59 Å². The molecule has 0 spiro atoms. The van der Waals surface area contributed by atoms with Crippen molar-refractivity contribution in [2.24, 2.45) is 0 Å². The summed E-state index contributed by atoms with van der Waals surface area (Å²) in [4.78, 5) is 28.8. The lowest BCUT2D eigenvalue weighted by atomic mass is 9.79. The van der Waals surface area contributed by atoms with E-state index in [2.05, 4.69) is 4.98 Å². The Morgan fingerprint density at radius 2 is 1.88 bits per heavy atom. The van der Waals surface area contributed by atoms with E-state index in [1.54, 1.807) is 24.4 Å². The molecular weight excluding hydrogens is 374 g/mol. The minimum atomic E-state index is -0.620. The fraction of sp³-hybridized carbons (Fsp3) is 0.421. The third-order valence-electron chi connectivity index (χ3n) is 4.60. The number of carbonyl (C=O) groups is 2. The minimum Gasteiger partial charge on any atom is -0.461 e. The summed E-state index contributed by atoms with van der Waals surface area (Å²) >= 11 is 7.16. The molecule has 2 aromatic rings. The molecule has 1 aromatic carbocycles. The number of aromatic nitrogens is 1. The third kappa shape index (κ3) is 3.91. The van der Waals surface area contributed by atoms with Gasteiger partial charge in [0.15, 0.2) is 0 Å². The summed E-state index contributed by atoms with van der Waals surface area (Å²) in [5.41, 5.74) is 0.871. The zero-order chi connectivity index (χ0) is 18.6. The fourth-order valence-electron chi connectivity index (χ4n) is 3.30. The number of carbonyl (C=O) groups excluding carboxylic acids is 2. The summed E-state index contributed by atoms with van der Waals surface area (Å²) in [7, 11) is 0. The molecule has 0 radical (unpaired) electrons. The van der Waals surface area contributed by atoms with Gasteiger partial charge in [-0.25, -0.2) is 9.78 Å². The predicted octanol–water partition coefficient (Wildman–Crippen LogP) is 4.53. The molecule has 1 fully saturated rings. The van der Waals surface area contributed by atoms with Crippen LogP contribution >= 0.6 is 22.9 Å². The standard InChI is InChI=1S/C19H20ClNO4S/c1-2-24-17(22)16-21-15(12-26-16)11-25-18(23)19(9-3-4-10-19)13-5-7-14(20)8-6-13/h5-8,12H,2-4,9-11H2,1H3. The molecule has 0 bridgehead atoms. The quantitative estimate of drug-likeness (QED) is 0.674. The first kappa shape index (κ1) is 18.9. The maximum atomic E-state index is 12.9. The second-order valence-electron chi connectivity index (χ2n) is 6.24. The maximum Gasteiger partial charge on any atom is 0.367 e. The molecule has 0 saturated heterocycles. The van der Waals surface area contributed by atoms with Gasteiger partial charge < -0.3 is 9.47 Å². The van der Waals surface area contributed by atoms with E-state index < -0.39 is 11.4 Å². The van der Waals surface area contributed by atoms with Crippen molar-refractivity contribution < 1.29 is 19.1 Å². The Balaban J connectivity index is 1.69. The van der Waals surface area contributed by atoms with Crippen molar-refractivity contribution in [1.29, 1.82) is 0 Å². The number of nitrogens with zero attached hydrogens (tertiary/aromatic N) is 1. The van der Waals surface area contributed by atoms with Gasteiger partial charge in [-0.2, -0.15) is 0 Å². The Kier molecular flexibility index (Phi) is 5.94. The maximum absolute atomic E-state index is 12.9. The van der Waals surface area contributed by atoms with Gasteiger partial charge in [0, 0.05) is 10.4 Å². The molecule has 138 valence electrons. The molecule has 1 aromatic heterocycles. The highest BCUT2D eigenvalue weighted by molar-refractivity contribution is 7.11. The molecule has 26 heavy (non-hydrogen) atoms. The molecule has 0 amide bonds. The SMILES string of the molecule is CCOC(=O)c1nc(COC(=O)C2(c3ccc(Cl)cc3)CCCC2)cs1. The van der Waals surface area contributed by atoms with Crippen LogP contribution in [-0.4, -0.2) is 23.5 Å². The van der Waals surface area contributed by atoms with E-state index in [0.717, 1.165) is 31.2 Å². The Hall–Kier alpha value is -1.92. The second kappa shape index (κ2) is 8.18. The molecule has 0 unspecified atom stereocenters. The first-order valence-corrected chi connectivity index (χ1v) is 9.86. The molecule has 0 aliphatic heterocycles. The fourth-order valence-corrected chi connectivity index (χ4v) is 4.12. The summed E-state index contributed by atoms with van der Waals surface area (Å²) in [5.74, 6) is -0.702. The van der Waals surface area contributed by atoms with Crippen LogP contribution in [0.2, 0.25) is 5.02 Å². The van der Waals surface area contributed by atoms with Crippen LogP contribution in [0.15, 0.2) is 29.6 Å². The number of rotatable bonds is 6.